The molecule has 42 heavy (non-hydrogen) atoms. The van der Waals surface area contributed by atoms with Crippen molar-refractivity contribution in [2.24, 2.45) is 23.7 Å². The lowest BCUT2D eigenvalue weighted by Crippen LogP contribution is -2.42. The van der Waals surface area contributed by atoms with Crippen molar-refractivity contribution >= 4 is 28.7 Å². The maximum absolute atomic E-state index is 13.8. The molecule has 2 aliphatic carbocycles. The van der Waals surface area contributed by atoms with Gasteiger partial charge >= 0.3 is 0 Å². The van der Waals surface area contributed by atoms with Crippen molar-refractivity contribution in [1.82, 2.24) is 4.90 Å². The monoisotopic (exact) mass is 573 g/mol. The highest BCUT2D eigenvalue weighted by Gasteiger charge is 2.56. The van der Waals surface area contributed by atoms with E-state index in [9.17, 15) is 24.9 Å². The predicted molar refractivity (Wildman–Crippen MR) is 167 cm³/mol. The Labute approximate surface area is 250 Å². The molecule has 6 heteroatoms. The molecule has 0 unspecified atom stereocenters. The van der Waals surface area contributed by atoms with Crippen LogP contribution >= 0.6 is 0 Å². The van der Waals surface area contributed by atoms with Gasteiger partial charge in [-0.3, -0.25) is 14.5 Å². The van der Waals surface area contributed by atoms with Crippen molar-refractivity contribution in [3.63, 3.8) is 0 Å². The summed E-state index contributed by atoms with van der Waals surface area (Å²) in [4.78, 5) is 29.0. The molecule has 2 amide bonds. The minimum absolute atomic E-state index is 0.0303. The molecule has 6 nitrogen and oxygen atoms in total. The van der Waals surface area contributed by atoms with Crippen molar-refractivity contribution in [1.29, 1.82) is 0 Å². The lowest BCUT2D eigenvalue weighted by Gasteiger charge is -2.38. The Morgan fingerprint density at radius 2 is 1.71 bits per heavy atom. The molecule has 1 saturated carbocycles. The number of rotatable bonds is 10. The minimum Gasteiger partial charge on any atom is -0.507 e. The third kappa shape index (κ3) is 5.80. The molecule has 0 radical (unpaired) electrons. The number of amides is 2. The fourth-order valence-corrected chi connectivity index (χ4v) is 7.89. The summed E-state index contributed by atoms with van der Waals surface area (Å²) >= 11 is 0. The number of allylic oxidation sites excluding steroid dienone is 2. The molecule has 2 fully saturated rings. The second-order valence-corrected chi connectivity index (χ2v) is 12.9. The van der Waals surface area contributed by atoms with Crippen LogP contribution in [0.1, 0.15) is 90.5 Å². The number of carbonyl (C=O) groups excluding carboxylic acids is 2. The van der Waals surface area contributed by atoms with E-state index in [1.165, 1.54) is 5.57 Å². The summed E-state index contributed by atoms with van der Waals surface area (Å²) in [6, 6.07) is 11.5. The Bertz CT molecular complexity index is 1370. The Morgan fingerprint density at radius 1 is 1.00 bits per heavy atom. The van der Waals surface area contributed by atoms with Gasteiger partial charge in [-0.15, -0.1) is 0 Å². The number of fused-ring (bicyclic) bond motifs is 2. The number of aliphatic hydroxyl groups is 2. The van der Waals surface area contributed by atoms with E-state index in [1.807, 2.05) is 30.3 Å². The number of aromatic hydroxyl groups is 1. The van der Waals surface area contributed by atoms with Crippen LogP contribution in [0.25, 0.3) is 16.8 Å². The molecule has 226 valence electrons. The Kier molecular flexibility index (Phi) is 9.54. The summed E-state index contributed by atoms with van der Waals surface area (Å²) in [5, 5.41) is 34.5. The summed E-state index contributed by atoms with van der Waals surface area (Å²) in [6.07, 6.45) is 9.81. The molecule has 0 bridgehead atoms. The van der Waals surface area contributed by atoms with Crippen molar-refractivity contribution in [3.05, 3.63) is 58.7 Å². The summed E-state index contributed by atoms with van der Waals surface area (Å²) < 4.78 is 0. The highest BCUT2D eigenvalue weighted by molar-refractivity contribution is 6.06. The Hall–Kier alpha value is -2.96. The molecular weight excluding hydrogens is 526 g/mol. The number of carbonyl (C=O) groups is 2. The topological polar surface area (TPSA) is 98.1 Å². The molecule has 2 aromatic rings. The number of hydrogen-bond donors (Lipinski definition) is 3. The zero-order chi connectivity index (χ0) is 30.0. The van der Waals surface area contributed by atoms with Gasteiger partial charge in [0.15, 0.2) is 0 Å². The van der Waals surface area contributed by atoms with E-state index in [2.05, 4.69) is 26.8 Å². The number of benzene rings is 2. The first-order valence-corrected chi connectivity index (χ1v) is 16.1. The average molecular weight is 574 g/mol. The van der Waals surface area contributed by atoms with Crippen molar-refractivity contribution in [2.45, 2.75) is 97.1 Å². The van der Waals surface area contributed by atoms with Gasteiger partial charge < -0.3 is 15.3 Å². The van der Waals surface area contributed by atoms with Crippen molar-refractivity contribution < 1.29 is 24.9 Å². The van der Waals surface area contributed by atoms with Crippen LogP contribution in [0.15, 0.2) is 53.1 Å². The van der Waals surface area contributed by atoms with E-state index < -0.39 is 23.9 Å². The first kappa shape index (κ1) is 30.5. The zero-order valence-electron chi connectivity index (χ0n) is 25.4. The Balaban J connectivity index is 1.41. The zero-order valence-corrected chi connectivity index (χ0v) is 25.4. The van der Waals surface area contributed by atoms with E-state index in [1.54, 1.807) is 11.0 Å². The second kappa shape index (κ2) is 13.1. The molecule has 1 aliphatic heterocycles. The van der Waals surface area contributed by atoms with E-state index >= 15 is 0 Å². The summed E-state index contributed by atoms with van der Waals surface area (Å²) in [5.41, 5.74) is 4.06. The van der Waals surface area contributed by atoms with E-state index in [0.29, 0.717) is 19.3 Å². The Morgan fingerprint density at radius 3 is 2.38 bits per heavy atom. The van der Waals surface area contributed by atoms with Gasteiger partial charge in [0.1, 0.15) is 5.75 Å². The van der Waals surface area contributed by atoms with Crippen LogP contribution in [-0.2, 0) is 9.59 Å². The van der Waals surface area contributed by atoms with Gasteiger partial charge in [0.25, 0.3) is 0 Å². The van der Waals surface area contributed by atoms with Gasteiger partial charge in [-0.25, -0.2) is 0 Å². The number of nitrogens with zero attached hydrogens (tertiary/aromatic N) is 1. The molecule has 2 aromatic carbocycles. The van der Waals surface area contributed by atoms with E-state index in [0.717, 1.165) is 72.4 Å². The summed E-state index contributed by atoms with van der Waals surface area (Å²) in [6.45, 7) is 6.05. The molecular formula is C36H47NO5. The smallest absolute Gasteiger partial charge is 0.234 e. The number of hydrogen-bond acceptors (Lipinski definition) is 5. The van der Waals surface area contributed by atoms with Gasteiger partial charge in [0.2, 0.25) is 11.8 Å². The third-order valence-corrected chi connectivity index (χ3v) is 9.95. The summed E-state index contributed by atoms with van der Waals surface area (Å²) in [7, 11) is 0. The minimum atomic E-state index is -0.802. The highest BCUT2D eigenvalue weighted by atomic mass is 16.3. The number of aliphatic hydroxyl groups excluding tert-OH is 2. The quantitative estimate of drug-likeness (QED) is 0.215. The van der Waals surface area contributed by atoms with Crippen LogP contribution in [0.4, 0.5) is 0 Å². The molecule has 4 atom stereocenters. The van der Waals surface area contributed by atoms with Crippen LogP contribution in [0.2, 0.25) is 0 Å². The lowest BCUT2D eigenvalue weighted by molar-refractivity contribution is -0.143. The van der Waals surface area contributed by atoms with Gasteiger partial charge in [-0.05, 0) is 67.0 Å². The van der Waals surface area contributed by atoms with Gasteiger partial charge in [0.05, 0.1) is 24.5 Å². The van der Waals surface area contributed by atoms with Crippen LogP contribution in [0, 0.1) is 23.7 Å². The maximum atomic E-state index is 13.8. The lowest BCUT2D eigenvalue weighted by atomic mass is 9.66. The first-order valence-electron chi connectivity index (χ1n) is 16.1. The predicted octanol–water partition coefficient (Wildman–Crippen LogP) is 6.77. The number of phenolic OH excluding ortho intramolecular Hbond substituents is 1. The van der Waals surface area contributed by atoms with Crippen molar-refractivity contribution in [3.8, 4) is 5.75 Å². The molecule has 3 N–H and O–H groups in total. The van der Waals surface area contributed by atoms with Crippen molar-refractivity contribution in [2.75, 3.05) is 6.61 Å². The maximum Gasteiger partial charge on any atom is 0.234 e. The second-order valence-electron chi connectivity index (χ2n) is 12.9. The number of likely N-dealkylation sites (tertiary alicyclic amines) is 1. The van der Waals surface area contributed by atoms with Crippen LogP contribution < -0.4 is 0 Å². The van der Waals surface area contributed by atoms with Gasteiger partial charge in [-0.1, -0.05) is 94.0 Å². The molecule has 5 rings (SSSR count). The van der Waals surface area contributed by atoms with Crippen LogP contribution in [-0.4, -0.2) is 50.8 Å². The first-order chi connectivity index (χ1) is 20.3. The highest BCUT2D eigenvalue weighted by Crippen LogP contribution is 2.49. The van der Waals surface area contributed by atoms with Crippen LogP contribution in [0.3, 0.4) is 0 Å². The van der Waals surface area contributed by atoms with Gasteiger partial charge in [0, 0.05) is 17.3 Å². The molecule has 1 saturated heterocycles. The van der Waals surface area contributed by atoms with E-state index in [4.69, 9.17) is 0 Å². The number of imide groups is 1. The van der Waals surface area contributed by atoms with Gasteiger partial charge in [-0.2, -0.15) is 0 Å². The fraction of sp³-hybridized carbons (Fsp3) is 0.556. The molecule has 1 heterocycles. The van der Waals surface area contributed by atoms with Crippen LogP contribution in [0.5, 0.6) is 5.75 Å². The summed E-state index contributed by atoms with van der Waals surface area (Å²) in [5.74, 6) is -1.43. The standard InChI is InChI=1S/C36H47NO5/c1-4-10-23(19-24-16-18-31(39)27-14-9-8-13-26(24)27)15-17-32(40)33-28(22(2)3)20-29-34(30(33)21-38)36(42)37(35(29)41)25-11-6-5-7-12-25/h8-9,13-14,16,18-19,22,25,29-30,32,34,38-40H,4-7,10-12,15,17,20-21H2,1-3H3/b23-19+/t29-,30+,32-,34-/m1/s1. The van der Waals surface area contributed by atoms with E-state index in [-0.39, 0.29) is 36.1 Å². The largest absolute Gasteiger partial charge is 0.507 e. The fourth-order valence-electron chi connectivity index (χ4n) is 7.89. The molecule has 0 aromatic heterocycles. The SMILES string of the molecule is CCC/C(=C\c1ccc(O)c2ccccc12)CC[C@@H](O)C1=C(C(C)C)C[C@H]2C(=O)N(C3CCCCC3)C(=O)[C@H]2[C@H]1CO. The number of phenols is 1. The normalized spacial score (nSPS) is 24.7. The molecule has 0 spiro atoms. The molecule has 3 aliphatic rings. The third-order valence-electron chi connectivity index (χ3n) is 9.95. The average Bonchev–Trinajstić information content (AvgIpc) is 3.25.